The maximum atomic E-state index is 14.3. The summed E-state index contributed by atoms with van der Waals surface area (Å²) in [6.07, 6.45) is 4.88. The molecule has 0 radical (unpaired) electrons. The molecule has 1 saturated carbocycles. The van der Waals surface area contributed by atoms with Gasteiger partial charge in [0, 0.05) is 12.2 Å². The van der Waals surface area contributed by atoms with Gasteiger partial charge in [-0.25, -0.2) is 8.78 Å². The molecule has 0 atom stereocenters. The molecule has 30 heavy (non-hydrogen) atoms. The molecule has 0 unspecified atom stereocenters. The van der Waals surface area contributed by atoms with Gasteiger partial charge in [-0.2, -0.15) is 4.98 Å². The van der Waals surface area contributed by atoms with Gasteiger partial charge in [-0.3, -0.25) is 4.79 Å². The summed E-state index contributed by atoms with van der Waals surface area (Å²) in [5.41, 5.74) is 0.547. The first-order valence-electron chi connectivity index (χ1n) is 10.2. The van der Waals surface area contributed by atoms with Crippen molar-refractivity contribution >= 4 is 10.9 Å². The highest BCUT2D eigenvalue weighted by atomic mass is 19.1. The van der Waals surface area contributed by atoms with Gasteiger partial charge in [-0.05, 0) is 74.4 Å². The Morgan fingerprint density at radius 1 is 1.13 bits per heavy atom. The number of fused-ring (bicyclic) bond motifs is 1. The van der Waals surface area contributed by atoms with E-state index in [9.17, 15) is 18.7 Å². The molecule has 1 aromatic heterocycles. The van der Waals surface area contributed by atoms with Crippen molar-refractivity contribution in [2.75, 3.05) is 6.61 Å². The van der Waals surface area contributed by atoms with E-state index in [1.807, 2.05) is 0 Å². The van der Waals surface area contributed by atoms with Crippen molar-refractivity contribution in [3.05, 3.63) is 69.8 Å². The molecule has 1 aliphatic carbocycles. The summed E-state index contributed by atoms with van der Waals surface area (Å²) in [5.74, 6) is -0.352. The first-order valence-corrected chi connectivity index (χ1v) is 10.2. The fourth-order valence-corrected chi connectivity index (χ4v) is 4.07. The first kappa shape index (κ1) is 20.5. The Morgan fingerprint density at radius 3 is 2.50 bits per heavy atom. The summed E-state index contributed by atoms with van der Waals surface area (Å²) in [6, 6.07) is 7.69. The zero-order chi connectivity index (χ0) is 21.3. The number of aliphatic hydroxyl groups is 1. The number of hydrogen-bond donors (Lipinski definition) is 1. The van der Waals surface area contributed by atoms with Crippen molar-refractivity contribution in [3.63, 3.8) is 0 Å². The van der Waals surface area contributed by atoms with E-state index in [2.05, 4.69) is 4.98 Å². The van der Waals surface area contributed by atoms with Crippen LogP contribution in [0.15, 0.2) is 41.5 Å². The van der Waals surface area contributed by atoms with Crippen LogP contribution in [0.25, 0.3) is 10.9 Å². The van der Waals surface area contributed by atoms with Gasteiger partial charge in [0.1, 0.15) is 17.4 Å². The summed E-state index contributed by atoms with van der Waals surface area (Å²) in [7, 11) is 0. The highest BCUT2D eigenvalue weighted by molar-refractivity contribution is 5.79. The van der Waals surface area contributed by atoms with Crippen molar-refractivity contribution < 1.29 is 18.6 Å². The first-order chi connectivity index (χ1) is 14.4. The number of halogens is 2. The van der Waals surface area contributed by atoms with Crippen LogP contribution in [-0.4, -0.2) is 27.4 Å². The Balaban J connectivity index is 1.61. The number of ether oxygens (including phenoxy) is 1. The van der Waals surface area contributed by atoms with Crippen molar-refractivity contribution in [1.82, 2.24) is 9.55 Å². The molecule has 1 aliphatic rings. The normalized spacial score (nSPS) is 19.2. The van der Waals surface area contributed by atoms with E-state index in [-0.39, 0.29) is 24.8 Å². The van der Waals surface area contributed by atoms with Crippen LogP contribution in [0.1, 0.15) is 36.8 Å². The van der Waals surface area contributed by atoms with Crippen LogP contribution in [0.2, 0.25) is 0 Å². The second-order valence-corrected chi connectivity index (χ2v) is 8.01. The Morgan fingerprint density at radius 2 is 1.83 bits per heavy atom. The molecule has 158 valence electrons. The van der Waals surface area contributed by atoms with Gasteiger partial charge >= 0.3 is 0 Å². The van der Waals surface area contributed by atoms with Crippen LogP contribution in [0.5, 0.6) is 5.75 Å². The van der Waals surface area contributed by atoms with Crippen LogP contribution < -0.4 is 10.3 Å². The minimum absolute atomic E-state index is 0.0416. The largest absolute Gasteiger partial charge is 0.490 e. The number of benzene rings is 2. The predicted octanol–water partition coefficient (Wildman–Crippen LogP) is 3.96. The zero-order valence-electron chi connectivity index (χ0n) is 16.8. The molecule has 0 amide bonds. The lowest BCUT2D eigenvalue weighted by atomic mass is 9.88. The minimum atomic E-state index is -0.627. The highest BCUT2D eigenvalue weighted by Gasteiger charge is 2.22. The van der Waals surface area contributed by atoms with Crippen molar-refractivity contribution in [2.45, 2.75) is 45.3 Å². The SMILES string of the molecule is Cc1cc(F)c(Cn2cnc(=O)c3cc(OC4CCC(CO)CC4)ccc32)c(F)c1. The molecule has 1 heterocycles. The third-order valence-corrected chi connectivity index (χ3v) is 5.79. The molecule has 5 nitrogen and oxygen atoms in total. The molecule has 0 aliphatic heterocycles. The Kier molecular flexibility index (Phi) is 5.81. The van der Waals surface area contributed by atoms with Gasteiger partial charge in [0.05, 0.1) is 29.9 Å². The molecule has 7 heteroatoms. The summed E-state index contributed by atoms with van der Waals surface area (Å²) in [6.45, 7) is 1.76. The molecular formula is C23H24F2N2O3. The van der Waals surface area contributed by atoms with E-state index < -0.39 is 17.2 Å². The number of hydrogen-bond acceptors (Lipinski definition) is 4. The third kappa shape index (κ3) is 4.21. The Bertz CT molecular complexity index is 1100. The lowest BCUT2D eigenvalue weighted by Crippen LogP contribution is -2.25. The topological polar surface area (TPSA) is 64.4 Å². The number of aliphatic hydroxyl groups excluding tert-OH is 1. The van der Waals surface area contributed by atoms with E-state index in [4.69, 9.17) is 4.74 Å². The van der Waals surface area contributed by atoms with Gasteiger partial charge < -0.3 is 14.4 Å². The molecule has 2 aromatic carbocycles. The summed E-state index contributed by atoms with van der Waals surface area (Å²) in [4.78, 5) is 16.2. The fraction of sp³-hybridized carbons (Fsp3) is 0.391. The van der Waals surface area contributed by atoms with Crippen LogP contribution in [0.4, 0.5) is 8.78 Å². The lowest BCUT2D eigenvalue weighted by molar-refractivity contribution is 0.104. The number of nitrogens with zero attached hydrogens (tertiary/aromatic N) is 2. The van der Waals surface area contributed by atoms with Gasteiger partial charge in [0.25, 0.3) is 5.56 Å². The van der Waals surface area contributed by atoms with Gasteiger partial charge in [0.15, 0.2) is 0 Å². The zero-order valence-corrected chi connectivity index (χ0v) is 16.8. The van der Waals surface area contributed by atoms with E-state index in [1.165, 1.54) is 18.5 Å². The number of aryl methyl sites for hydroxylation is 1. The quantitative estimate of drug-likeness (QED) is 0.686. The maximum absolute atomic E-state index is 14.3. The van der Waals surface area contributed by atoms with E-state index in [1.54, 1.807) is 29.7 Å². The average molecular weight is 414 g/mol. The van der Waals surface area contributed by atoms with Crippen molar-refractivity contribution in [2.24, 2.45) is 5.92 Å². The fourth-order valence-electron chi connectivity index (χ4n) is 4.07. The van der Waals surface area contributed by atoms with Gasteiger partial charge in [-0.15, -0.1) is 0 Å². The van der Waals surface area contributed by atoms with E-state index in [0.29, 0.717) is 28.1 Å². The minimum Gasteiger partial charge on any atom is -0.490 e. The second kappa shape index (κ2) is 8.52. The molecule has 1 fully saturated rings. The van der Waals surface area contributed by atoms with Crippen LogP contribution >= 0.6 is 0 Å². The number of rotatable bonds is 5. The van der Waals surface area contributed by atoms with Crippen molar-refractivity contribution in [3.8, 4) is 5.75 Å². The highest BCUT2D eigenvalue weighted by Crippen LogP contribution is 2.28. The Labute approximate surface area is 172 Å². The molecular weight excluding hydrogens is 390 g/mol. The smallest absolute Gasteiger partial charge is 0.280 e. The second-order valence-electron chi connectivity index (χ2n) is 8.01. The molecule has 0 saturated heterocycles. The van der Waals surface area contributed by atoms with Gasteiger partial charge in [-0.1, -0.05) is 0 Å². The molecule has 0 spiro atoms. The predicted molar refractivity (Wildman–Crippen MR) is 110 cm³/mol. The maximum Gasteiger partial charge on any atom is 0.280 e. The monoisotopic (exact) mass is 414 g/mol. The average Bonchev–Trinajstić information content (AvgIpc) is 2.73. The molecule has 4 rings (SSSR count). The van der Waals surface area contributed by atoms with Gasteiger partial charge in [0.2, 0.25) is 0 Å². The molecule has 1 N–H and O–H groups in total. The summed E-state index contributed by atoms with van der Waals surface area (Å²) in [5, 5.41) is 9.60. The van der Waals surface area contributed by atoms with E-state index in [0.717, 1.165) is 25.7 Å². The summed E-state index contributed by atoms with van der Waals surface area (Å²) < 4.78 is 36.2. The lowest BCUT2D eigenvalue weighted by Gasteiger charge is -2.28. The van der Waals surface area contributed by atoms with Crippen LogP contribution in [0.3, 0.4) is 0 Å². The molecule has 3 aromatic rings. The van der Waals surface area contributed by atoms with E-state index >= 15 is 0 Å². The van der Waals surface area contributed by atoms with Crippen LogP contribution in [-0.2, 0) is 6.54 Å². The summed E-state index contributed by atoms with van der Waals surface area (Å²) >= 11 is 0. The van der Waals surface area contributed by atoms with Crippen molar-refractivity contribution in [1.29, 1.82) is 0 Å². The Hall–Kier alpha value is -2.80. The molecule has 0 bridgehead atoms. The standard InChI is InChI=1S/C23H24F2N2O3/c1-14-8-20(24)19(21(25)9-14)11-27-13-26-23(29)18-10-17(6-7-22(18)27)30-16-4-2-15(12-28)3-5-16/h6-10,13,15-16,28H,2-5,11-12H2,1H3. The third-order valence-electron chi connectivity index (χ3n) is 5.79. The van der Waals surface area contributed by atoms with Crippen LogP contribution in [0, 0.1) is 24.5 Å². The number of aromatic nitrogens is 2.